The lowest BCUT2D eigenvalue weighted by molar-refractivity contribution is 0.476. The molecule has 0 amide bonds. The molecular weight excluding hydrogens is 304 g/mol. The average molecular weight is 321 g/mol. The highest BCUT2D eigenvalue weighted by atomic mass is 35.5. The van der Waals surface area contributed by atoms with Crippen LogP contribution in [0.25, 0.3) is 0 Å². The topological polar surface area (TPSA) is 72.2 Å². The second-order valence-corrected chi connectivity index (χ2v) is 7.19. The Balaban J connectivity index is 3.12. The van der Waals surface area contributed by atoms with Crippen molar-refractivity contribution in [2.24, 2.45) is 11.7 Å². The molecule has 1 aromatic rings. The summed E-state index contributed by atoms with van der Waals surface area (Å²) < 4.78 is 27.0. The van der Waals surface area contributed by atoms with Crippen LogP contribution in [0.15, 0.2) is 23.1 Å². The maximum absolute atomic E-state index is 12.2. The van der Waals surface area contributed by atoms with E-state index in [2.05, 4.69) is 4.72 Å². The Morgan fingerprint density at radius 2 is 1.95 bits per heavy atom. The number of hydrogen-bond acceptors (Lipinski definition) is 3. The van der Waals surface area contributed by atoms with Gasteiger partial charge in [0.25, 0.3) is 0 Å². The second kappa shape index (κ2) is 6.17. The normalized spacial score (nSPS) is 13.5. The van der Waals surface area contributed by atoms with Gasteiger partial charge in [0, 0.05) is 11.6 Å². The Morgan fingerprint density at radius 3 is 2.37 bits per heavy atom. The lowest BCUT2D eigenvalue weighted by Crippen LogP contribution is -2.36. The molecule has 1 atom stereocenters. The summed E-state index contributed by atoms with van der Waals surface area (Å²) in [6.07, 6.45) is 0. The smallest absolute Gasteiger partial charge is 0.242 e. The number of hydrogen-bond donors (Lipinski definition) is 2. The second-order valence-electron chi connectivity index (χ2n) is 4.66. The lowest BCUT2D eigenvalue weighted by atomic mass is 10.1. The largest absolute Gasteiger partial charge is 0.389 e. The van der Waals surface area contributed by atoms with Gasteiger partial charge in [0.05, 0.1) is 5.02 Å². The fraction of sp³-hybridized carbons (Fsp3) is 0.417. The van der Waals surface area contributed by atoms with E-state index in [0.29, 0.717) is 5.56 Å². The molecule has 0 saturated heterocycles. The molecule has 0 aliphatic rings. The number of halogens is 1. The fourth-order valence-electron chi connectivity index (χ4n) is 1.32. The van der Waals surface area contributed by atoms with Crippen LogP contribution in [0.4, 0.5) is 0 Å². The third-order valence-electron chi connectivity index (χ3n) is 2.85. The molecule has 0 aliphatic heterocycles. The fourth-order valence-corrected chi connectivity index (χ4v) is 3.38. The average Bonchev–Trinajstić information content (AvgIpc) is 2.27. The van der Waals surface area contributed by atoms with E-state index in [1.54, 1.807) is 13.0 Å². The Kier molecular flexibility index (Phi) is 5.32. The highest BCUT2D eigenvalue weighted by Crippen LogP contribution is 2.23. The first-order valence-electron chi connectivity index (χ1n) is 5.77. The van der Waals surface area contributed by atoms with E-state index in [9.17, 15) is 8.42 Å². The molecule has 0 fully saturated rings. The highest BCUT2D eigenvalue weighted by Gasteiger charge is 2.22. The summed E-state index contributed by atoms with van der Waals surface area (Å²) >= 11 is 10.8. The number of nitrogens with one attached hydrogen (secondary N) is 1. The van der Waals surface area contributed by atoms with Gasteiger partial charge in [-0.25, -0.2) is 13.1 Å². The van der Waals surface area contributed by atoms with Gasteiger partial charge in [-0.1, -0.05) is 43.7 Å². The highest BCUT2D eigenvalue weighted by molar-refractivity contribution is 7.89. The molecule has 1 unspecified atom stereocenters. The first-order valence-corrected chi connectivity index (χ1v) is 8.03. The van der Waals surface area contributed by atoms with Gasteiger partial charge >= 0.3 is 0 Å². The number of thiocarbonyl (C=S) groups is 1. The summed E-state index contributed by atoms with van der Waals surface area (Å²) in [4.78, 5) is 0.205. The van der Waals surface area contributed by atoms with Crippen molar-refractivity contribution in [3.05, 3.63) is 28.8 Å². The first-order chi connectivity index (χ1) is 8.65. The maximum atomic E-state index is 12.2. The van der Waals surface area contributed by atoms with E-state index in [4.69, 9.17) is 29.6 Å². The third kappa shape index (κ3) is 4.14. The first kappa shape index (κ1) is 16.4. The van der Waals surface area contributed by atoms with Gasteiger partial charge in [-0.05, 0) is 25.0 Å². The predicted octanol–water partition coefficient (Wildman–Crippen LogP) is 2.30. The van der Waals surface area contributed by atoms with Gasteiger partial charge in [0.15, 0.2) is 0 Å². The van der Waals surface area contributed by atoms with Gasteiger partial charge in [0.2, 0.25) is 10.0 Å². The number of benzene rings is 1. The van der Waals surface area contributed by atoms with Crippen molar-refractivity contribution in [1.82, 2.24) is 4.72 Å². The molecule has 0 radical (unpaired) electrons. The van der Waals surface area contributed by atoms with E-state index in [1.165, 1.54) is 12.1 Å². The zero-order valence-electron chi connectivity index (χ0n) is 11.0. The van der Waals surface area contributed by atoms with Gasteiger partial charge in [-0.2, -0.15) is 0 Å². The van der Waals surface area contributed by atoms with Crippen molar-refractivity contribution in [2.75, 3.05) is 0 Å². The molecule has 0 heterocycles. The Labute approximate surface area is 124 Å². The summed E-state index contributed by atoms with van der Waals surface area (Å²) in [6.45, 7) is 5.68. The Morgan fingerprint density at radius 1 is 1.37 bits per heavy atom. The SMILES string of the molecule is CC(C)C(C)NS(=O)(=O)c1ccc(C(N)=S)cc1Cl. The van der Waals surface area contributed by atoms with E-state index in [-0.39, 0.29) is 26.9 Å². The molecule has 19 heavy (non-hydrogen) atoms. The molecule has 0 bridgehead atoms. The standard InChI is InChI=1S/C12H17ClN2O2S2/c1-7(2)8(3)15-19(16,17)11-5-4-9(12(14)18)6-10(11)13/h4-8,15H,1-3H3,(H2,14,18). The minimum absolute atomic E-state index is 0.0293. The molecule has 1 rings (SSSR count). The maximum Gasteiger partial charge on any atom is 0.242 e. The van der Waals surface area contributed by atoms with Crippen molar-refractivity contribution in [3.63, 3.8) is 0 Å². The van der Waals surface area contributed by atoms with Crippen molar-refractivity contribution in [1.29, 1.82) is 0 Å². The van der Waals surface area contributed by atoms with Crippen molar-refractivity contribution < 1.29 is 8.42 Å². The molecule has 0 aliphatic carbocycles. The van der Waals surface area contributed by atoms with Crippen LogP contribution in [-0.2, 0) is 10.0 Å². The molecule has 0 saturated carbocycles. The minimum Gasteiger partial charge on any atom is -0.389 e. The van der Waals surface area contributed by atoms with Gasteiger partial charge in [-0.3, -0.25) is 0 Å². The van der Waals surface area contributed by atoms with Crippen LogP contribution in [0.1, 0.15) is 26.3 Å². The summed E-state index contributed by atoms with van der Waals surface area (Å²) in [7, 11) is -3.64. The molecule has 7 heteroatoms. The summed E-state index contributed by atoms with van der Waals surface area (Å²) in [5.74, 6) is 0.185. The minimum atomic E-state index is -3.64. The molecule has 3 N–H and O–H groups in total. The van der Waals surface area contributed by atoms with E-state index < -0.39 is 10.0 Å². The van der Waals surface area contributed by atoms with Crippen molar-refractivity contribution in [3.8, 4) is 0 Å². The van der Waals surface area contributed by atoms with Crippen LogP contribution < -0.4 is 10.5 Å². The van der Waals surface area contributed by atoms with Crippen LogP contribution in [0.3, 0.4) is 0 Å². The quantitative estimate of drug-likeness (QED) is 0.817. The summed E-state index contributed by atoms with van der Waals surface area (Å²) in [6, 6.07) is 4.23. The van der Waals surface area contributed by atoms with Crippen LogP contribution >= 0.6 is 23.8 Å². The summed E-state index contributed by atoms with van der Waals surface area (Å²) in [5, 5.41) is 0.105. The number of sulfonamides is 1. The van der Waals surface area contributed by atoms with Crippen molar-refractivity contribution in [2.45, 2.75) is 31.7 Å². The zero-order valence-corrected chi connectivity index (χ0v) is 13.4. The molecule has 0 aromatic heterocycles. The molecule has 4 nitrogen and oxygen atoms in total. The molecule has 1 aromatic carbocycles. The van der Waals surface area contributed by atoms with E-state index in [0.717, 1.165) is 0 Å². The molecular formula is C12H17ClN2O2S2. The third-order valence-corrected chi connectivity index (χ3v) is 5.12. The zero-order chi connectivity index (χ0) is 14.8. The monoisotopic (exact) mass is 320 g/mol. The lowest BCUT2D eigenvalue weighted by Gasteiger charge is -2.18. The Hall–Kier alpha value is -0.690. The van der Waals surface area contributed by atoms with Gasteiger partial charge < -0.3 is 5.73 Å². The van der Waals surface area contributed by atoms with Crippen LogP contribution in [0.5, 0.6) is 0 Å². The van der Waals surface area contributed by atoms with E-state index >= 15 is 0 Å². The predicted molar refractivity (Wildman–Crippen MR) is 82.0 cm³/mol. The summed E-state index contributed by atoms with van der Waals surface area (Å²) in [5.41, 5.74) is 6.01. The number of rotatable bonds is 5. The van der Waals surface area contributed by atoms with E-state index in [1.807, 2.05) is 13.8 Å². The number of nitrogens with two attached hydrogens (primary N) is 1. The molecule has 0 spiro atoms. The van der Waals surface area contributed by atoms with Gasteiger partial charge in [0.1, 0.15) is 9.88 Å². The van der Waals surface area contributed by atoms with Crippen LogP contribution in [0.2, 0.25) is 5.02 Å². The molecule has 106 valence electrons. The van der Waals surface area contributed by atoms with Crippen molar-refractivity contribution >= 4 is 38.8 Å². The Bertz CT molecular complexity index is 585. The van der Waals surface area contributed by atoms with Gasteiger partial charge in [-0.15, -0.1) is 0 Å². The van der Waals surface area contributed by atoms with Crippen LogP contribution in [-0.4, -0.2) is 19.4 Å². The van der Waals surface area contributed by atoms with Crippen LogP contribution in [0, 0.1) is 5.92 Å².